The van der Waals surface area contributed by atoms with Crippen LogP contribution in [0.2, 0.25) is 5.15 Å². The number of hydrogen-bond acceptors (Lipinski definition) is 4. The lowest BCUT2D eigenvalue weighted by Crippen LogP contribution is -2.15. The summed E-state index contributed by atoms with van der Waals surface area (Å²) in [5, 5.41) is 1.22. The van der Waals surface area contributed by atoms with Gasteiger partial charge in [0.1, 0.15) is 23.3 Å². The van der Waals surface area contributed by atoms with Gasteiger partial charge in [0.15, 0.2) is 0 Å². The van der Waals surface area contributed by atoms with E-state index in [-0.39, 0.29) is 6.10 Å². The summed E-state index contributed by atoms with van der Waals surface area (Å²) in [7, 11) is 0. The van der Waals surface area contributed by atoms with Crippen LogP contribution in [0, 0.1) is 0 Å². The van der Waals surface area contributed by atoms with Crippen molar-refractivity contribution in [1.82, 2.24) is 9.97 Å². The van der Waals surface area contributed by atoms with Crippen LogP contribution in [-0.4, -0.2) is 29.3 Å². The molecule has 1 saturated heterocycles. The number of nitrogens with zero attached hydrogens (tertiary/aromatic N) is 2. The third-order valence-corrected chi connectivity index (χ3v) is 3.74. The van der Waals surface area contributed by atoms with Gasteiger partial charge in [-0.1, -0.05) is 11.6 Å². The first-order valence-electron chi connectivity index (χ1n) is 5.58. The normalized spacial score (nSPS) is 19.3. The number of ether oxygens (including phenoxy) is 2. The topological polar surface area (TPSA) is 44.2 Å². The van der Waals surface area contributed by atoms with Crippen LogP contribution in [0.3, 0.4) is 0 Å². The van der Waals surface area contributed by atoms with Gasteiger partial charge in [0.25, 0.3) is 0 Å². The summed E-state index contributed by atoms with van der Waals surface area (Å²) < 4.78 is 12.0. The molecule has 1 aromatic carbocycles. The fourth-order valence-corrected chi connectivity index (χ4v) is 2.52. The molecule has 1 fully saturated rings. The van der Waals surface area contributed by atoms with E-state index < -0.39 is 0 Å². The highest BCUT2D eigenvalue weighted by Crippen LogP contribution is 2.33. The van der Waals surface area contributed by atoms with Gasteiger partial charge in [0, 0.05) is 11.8 Å². The number of fused-ring (bicyclic) bond motifs is 1. The van der Waals surface area contributed by atoms with Crippen LogP contribution in [0.15, 0.2) is 22.9 Å². The Morgan fingerprint density at radius 2 is 2.28 bits per heavy atom. The van der Waals surface area contributed by atoms with Gasteiger partial charge in [0.05, 0.1) is 23.2 Å². The summed E-state index contributed by atoms with van der Waals surface area (Å²) in [4.78, 5) is 8.14. The molecule has 18 heavy (non-hydrogen) atoms. The van der Waals surface area contributed by atoms with Crippen molar-refractivity contribution in [2.75, 3.05) is 13.2 Å². The molecule has 0 N–H and O–H groups in total. The largest absolute Gasteiger partial charge is 0.487 e. The van der Waals surface area contributed by atoms with Crippen molar-refractivity contribution in [2.24, 2.45) is 0 Å². The molecule has 1 atom stereocenters. The Hall–Kier alpha value is -0.910. The summed E-state index contributed by atoms with van der Waals surface area (Å²) in [6.07, 6.45) is 2.45. The van der Waals surface area contributed by atoms with Gasteiger partial charge in [-0.2, -0.15) is 0 Å². The van der Waals surface area contributed by atoms with Crippen molar-refractivity contribution >= 4 is 38.4 Å². The van der Waals surface area contributed by atoms with Gasteiger partial charge in [-0.15, -0.1) is 0 Å². The highest BCUT2D eigenvalue weighted by molar-refractivity contribution is 9.10. The van der Waals surface area contributed by atoms with Crippen LogP contribution in [0.4, 0.5) is 0 Å². The molecule has 0 spiro atoms. The standard InChI is InChI=1S/C12H10BrClN2O2/c13-9-4-10-8(12(14)16-6-15-10)3-11(9)18-7-1-2-17-5-7/h3-4,6-7H,1-2,5H2. The molecule has 2 heterocycles. The predicted molar refractivity (Wildman–Crippen MR) is 72.1 cm³/mol. The van der Waals surface area contributed by atoms with Crippen LogP contribution in [0.5, 0.6) is 5.75 Å². The molecular weight excluding hydrogens is 320 g/mol. The fraction of sp³-hybridized carbons (Fsp3) is 0.333. The maximum atomic E-state index is 6.05. The van der Waals surface area contributed by atoms with Gasteiger partial charge < -0.3 is 9.47 Å². The van der Waals surface area contributed by atoms with Crippen molar-refractivity contribution in [2.45, 2.75) is 12.5 Å². The third-order valence-electron chi connectivity index (χ3n) is 2.82. The first kappa shape index (κ1) is 12.1. The lowest BCUT2D eigenvalue weighted by Gasteiger charge is -2.14. The second-order valence-corrected chi connectivity index (χ2v) is 5.28. The quantitative estimate of drug-likeness (QED) is 0.794. The predicted octanol–water partition coefficient (Wildman–Crippen LogP) is 3.21. The molecule has 0 aliphatic carbocycles. The van der Waals surface area contributed by atoms with E-state index in [1.54, 1.807) is 0 Å². The molecule has 1 aliphatic rings. The number of aromatic nitrogens is 2. The average Bonchev–Trinajstić information content (AvgIpc) is 2.84. The van der Waals surface area contributed by atoms with Crippen LogP contribution in [0.1, 0.15) is 6.42 Å². The Kier molecular flexibility index (Phi) is 3.37. The first-order valence-corrected chi connectivity index (χ1v) is 6.75. The van der Waals surface area contributed by atoms with Gasteiger partial charge in [0.2, 0.25) is 0 Å². The number of halogens is 2. The number of rotatable bonds is 2. The smallest absolute Gasteiger partial charge is 0.140 e. The molecule has 2 aromatic rings. The molecule has 0 radical (unpaired) electrons. The summed E-state index contributed by atoms with van der Waals surface area (Å²) in [5.41, 5.74) is 0.789. The molecule has 1 aromatic heterocycles. The lowest BCUT2D eigenvalue weighted by molar-refractivity contribution is 0.141. The minimum atomic E-state index is 0.0992. The van der Waals surface area contributed by atoms with E-state index in [4.69, 9.17) is 21.1 Å². The van der Waals surface area contributed by atoms with Crippen molar-refractivity contribution in [3.8, 4) is 5.75 Å². The van der Waals surface area contributed by atoms with Gasteiger partial charge in [-0.25, -0.2) is 9.97 Å². The van der Waals surface area contributed by atoms with Crippen LogP contribution >= 0.6 is 27.5 Å². The Labute approximate surface area is 117 Å². The molecule has 1 aliphatic heterocycles. The highest BCUT2D eigenvalue weighted by atomic mass is 79.9. The average molecular weight is 330 g/mol. The van der Waals surface area contributed by atoms with Crippen LogP contribution in [-0.2, 0) is 4.74 Å². The molecule has 6 heteroatoms. The van der Waals surface area contributed by atoms with E-state index in [0.29, 0.717) is 11.8 Å². The molecule has 94 valence electrons. The zero-order chi connectivity index (χ0) is 12.5. The molecule has 4 nitrogen and oxygen atoms in total. The number of hydrogen-bond donors (Lipinski definition) is 0. The zero-order valence-electron chi connectivity index (χ0n) is 9.40. The fourth-order valence-electron chi connectivity index (χ4n) is 1.90. The van der Waals surface area contributed by atoms with Gasteiger partial charge in [-0.05, 0) is 28.1 Å². The monoisotopic (exact) mass is 328 g/mol. The summed E-state index contributed by atoms with van der Waals surface area (Å²) >= 11 is 9.53. The molecular formula is C12H10BrClN2O2. The van der Waals surface area contributed by atoms with E-state index >= 15 is 0 Å². The molecule has 0 saturated carbocycles. The van der Waals surface area contributed by atoms with Crippen molar-refractivity contribution < 1.29 is 9.47 Å². The first-order chi connectivity index (χ1) is 8.74. The highest BCUT2D eigenvalue weighted by Gasteiger charge is 2.19. The molecule has 0 amide bonds. The minimum Gasteiger partial charge on any atom is -0.487 e. The van der Waals surface area contributed by atoms with Crippen molar-refractivity contribution in [3.63, 3.8) is 0 Å². The van der Waals surface area contributed by atoms with Crippen LogP contribution < -0.4 is 4.74 Å². The van der Waals surface area contributed by atoms with Gasteiger partial charge >= 0.3 is 0 Å². The second kappa shape index (κ2) is 4.99. The van der Waals surface area contributed by atoms with E-state index in [9.17, 15) is 0 Å². The molecule has 0 bridgehead atoms. The van der Waals surface area contributed by atoms with Crippen LogP contribution in [0.25, 0.3) is 10.9 Å². The third kappa shape index (κ3) is 2.30. The Bertz CT molecular complexity index is 588. The van der Waals surface area contributed by atoms with Crippen molar-refractivity contribution in [3.05, 3.63) is 28.1 Å². The SMILES string of the molecule is Clc1ncnc2cc(Br)c(OC3CCOC3)cc12. The lowest BCUT2D eigenvalue weighted by atomic mass is 10.2. The summed E-state index contributed by atoms with van der Waals surface area (Å²) in [6.45, 7) is 1.38. The Balaban J connectivity index is 2.00. The maximum absolute atomic E-state index is 6.05. The van der Waals surface area contributed by atoms with E-state index in [1.165, 1.54) is 6.33 Å². The second-order valence-electron chi connectivity index (χ2n) is 4.07. The zero-order valence-corrected chi connectivity index (χ0v) is 11.7. The van der Waals surface area contributed by atoms with E-state index in [0.717, 1.165) is 34.2 Å². The summed E-state index contributed by atoms with van der Waals surface area (Å²) in [5.74, 6) is 0.745. The van der Waals surface area contributed by atoms with E-state index in [1.807, 2.05) is 12.1 Å². The van der Waals surface area contributed by atoms with E-state index in [2.05, 4.69) is 25.9 Å². The maximum Gasteiger partial charge on any atom is 0.140 e. The van der Waals surface area contributed by atoms with Gasteiger partial charge in [-0.3, -0.25) is 0 Å². The molecule has 1 unspecified atom stereocenters. The Morgan fingerprint density at radius 1 is 1.39 bits per heavy atom. The number of benzene rings is 1. The minimum absolute atomic E-state index is 0.0992. The Morgan fingerprint density at radius 3 is 3.06 bits per heavy atom. The molecule has 3 rings (SSSR count). The van der Waals surface area contributed by atoms with Crippen molar-refractivity contribution in [1.29, 1.82) is 0 Å². The summed E-state index contributed by atoms with van der Waals surface area (Å²) in [6, 6.07) is 3.74.